The molecular weight excluding hydrogens is 202 g/mol. The third kappa shape index (κ3) is 4.94. The molecule has 0 fully saturated rings. The van der Waals surface area contributed by atoms with Crippen LogP contribution >= 0.6 is 0 Å². The van der Waals surface area contributed by atoms with Crippen LogP contribution in [0.1, 0.15) is 32.8 Å². The summed E-state index contributed by atoms with van der Waals surface area (Å²) in [6.07, 6.45) is 1.57. The first kappa shape index (κ1) is 12.7. The molecule has 0 spiro atoms. The van der Waals surface area contributed by atoms with Crippen LogP contribution in [0.3, 0.4) is 0 Å². The number of carbonyl (C=O) groups excluding carboxylic acids is 1. The summed E-state index contributed by atoms with van der Waals surface area (Å²) in [4.78, 5) is 10.8. The Hall–Kier alpha value is -1.35. The fraction of sp³-hybridized carbons (Fsp3) is 0.462. The Balaban J connectivity index is 2.55. The molecule has 0 radical (unpaired) electrons. The highest BCUT2D eigenvalue weighted by atomic mass is 16.3. The number of carbonyl (C=O) groups is 1. The van der Waals surface area contributed by atoms with Gasteiger partial charge in [-0.3, -0.25) is 4.79 Å². The van der Waals surface area contributed by atoms with Crippen LogP contribution < -0.4 is 5.32 Å². The second kappa shape index (κ2) is 5.12. The van der Waals surface area contributed by atoms with E-state index in [2.05, 4.69) is 5.32 Å². The Morgan fingerprint density at radius 1 is 1.31 bits per heavy atom. The minimum atomic E-state index is -0.629. The van der Waals surface area contributed by atoms with E-state index in [4.69, 9.17) is 0 Å². The molecule has 3 nitrogen and oxygen atoms in total. The molecule has 0 aliphatic heterocycles. The van der Waals surface area contributed by atoms with Gasteiger partial charge in [0.15, 0.2) is 0 Å². The Labute approximate surface area is 96.5 Å². The van der Waals surface area contributed by atoms with Crippen molar-refractivity contribution < 1.29 is 9.90 Å². The third-order valence-corrected chi connectivity index (χ3v) is 2.30. The van der Waals surface area contributed by atoms with Gasteiger partial charge in [0.1, 0.15) is 0 Å². The summed E-state index contributed by atoms with van der Waals surface area (Å²) in [6, 6.07) is 7.69. The highest BCUT2D eigenvalue weighted by molar-refractivity contribution is 5.88. The van der Waals surface area contributed by atoms with Gasteiger partial charge in [0.25, 0.3) is 0 Å². The lowest BCUT2D eigenvalue weighted by Crippen LogP contribution is -2.19. The molecule has 1 amide bonds. The molecule has 0 heterocycles. The first-order valence-electron chi connectivity index (χ1n) is 5.46. The lowest BCUT2D eigenvalue weighted by Gasteiger charge is -2.16. The number of aryl methyl sites for hydroxylation is 1. The number of hydrogen-bond donors (Lipinski definition) is 2. The zero-order valence-electron chi connectivity index (χ0n) is 10.1. The molecular formula is C13H19NO2. The fourth-order valence-corrected chi connectivity index (χ4v) is 1.41. The van der Waals surface area contributed by atoms with Crippen molar-refractivity contribution in [3.05, 3.63) is 29.8 Å². The van der Waals surface area contributed by atoms with E-state index < -0.39 is 5.60 Å². The maximum atomic E-state index is 10.8. The standard InChI is InChI=1S/C13H19NO2/c1-10(15)14-12-6-4-11(5-7-12)8-9-13(2,3)16/h4-7,16H,8-9H2,1-3H3,(H,14,15). The third-order valence-electron chi connectivity index (χ3n) is 2.30. The molecule has 0 aliphatic carbocycles. The Kier molecular flexibility index (Phi) is 4.07. The van der Waals surface area contributed by atoms with Crippen LogP contribution in [0, 0.1) is 0 Å². The monoisotopic (exact) mass is 221 g/mol. The normalized spacial score (nSPS) is 11.2. The molecule has 0 saturated heterocycles. The van der Waals surface area contributed by atoms with Gasteiger partial charge in [-0.2, -0.15) is 0 Å². The topological polar surface area (TPSA) is 49.3 Å². The van der Waals surface area contributed by atoms with E-state index in [-0.39, 0.29) is 5.91 Å². The maximum Gasteiger partial charge on any atom is 0.221 e. The summed E-state index contributed by atoms with van der Waals surface area (Å²) >= 11 is 0. The van der Waals surface area contributed by atoms with E-state index in [1.807, 2.05) is 24.3 Å². The molecule has 2 N–H and O–H groups in total. The zero-order valence-corrected chi connectivity index (χ0v) is 10.1. The molecule has 88 valence electrons. The number of hydrogen-bond acceptors (Lipinski definition) is 2. The fourth-order valence-electron chi connectivity index (χ4n) is 1.41. The van der Waals surface area contributed by atoms with Gasteiger partial charge in [0.2, 0.25) is 5.91 Å². The molecule has 0 saturated carbocycles. The van der Waals surface area contributed by atoms with E-state index in [1.54, 1.807) is 13.8 Å². The van der Waals surface area contributed by atoms with Gasteiger partial charge in [0.05, 0.1) is 5.60 Å². The summed E-state index contributed by atoms with van der Waals surface area (Å²) < 4.78 is 0. The van der Waals surface area contributed by atoms with Crippen molar-refractivity contribution in [3.63, 3.8) is 0 Å². The number of anilines is 1. The van der Waals surface area contributed by atoms with Crippen LogP contribution in [0.2, 0.25) is 0 Å². The average molecular weight is 221 g/mol. The number of aliphatic hydroxyl groups is 1. The molecule has 0 aromatic heterocycles. The number of rotatable bonds is 4. The van der Waals surface area contributed by atoms with Crippen molar-refractivity contribution in [3.8, 4) is 0 Å². The Morgan fingerprint density at radius 2 is 1.88 bits per heavy atom. The van der Waals surface area contributed by atoms with Crippen LogP contribution in [0.4, 0.5) is 5.69 Å². The quantitative estimate of drug-likeness (QED) is 0.820. The van der Waals surface area contributed by atoms with E-state index >= 15 is 0 Å². The first-order valence-corrected chi connectivity index (χ1v) is 5.46. The Morgan fingerprint density at radius 3 is 2.31 bits per heavy atom. The highest BCUT2D eigenvalue weighted by Crippen LogP contribution is 2.15. The predicted molar refractivity (Wildman–Crippen MR) is 65.4 cm³/mol. The van der Waals surface area contributed by atoms with Crippen molar-refractivity contribution >= 4 is 11.6 Å². The maximum absolute atomic E-state index is 10.8. The zero-order chi connectivity index (χ0) is 12.2. The van der Waals surface area contributed by atoms with Gasteiger partial charge in [-0.05, 0) is 44.4 Å². The van der Waals surface area contributed by atoms with Gasteiger partial charge in [-0.25, -0.2) is 0 Å². The average Bonchev–Trinajstić information content (AvgIpc) is 2.14. The summed E-state index contributed by atoms with van der Waals surface area (Å²) in [5, 5.41) is 12.3. The lowest BCUT2D eigenvalue weighted by molar-refractivity contribution is -0.114. The number of benzene rings is 1. The number of nitrogens with one attached hydrogen (secondary N) is 1. The number of amides is 1. The van der Waals surface area contributed by atoms with Gasteiger partial charge >= 0.3 is 0 Å². The molecule has 0 aliphatic rings. The SMILES string of the molecule is CC(=O)Nc1ccc(CCC(C)(C)O)cc1. The van der Waals surface area contributed by atoms with Crippen LogP contribution in [-0.4, -0.2) is 16.6 Å². The predicted octanol–water partition coefficient (Wildman–Crippen LogP) is 2.35. The summed E-state index contributed by atoms with van der Waals surface area (Å²) in [7, 11) is 0. The highest BCUT2D eigenvalue weighted by Gasteiger charge is 2.11. The molecule has 3 heteroatoms. The minimum absolute atomic E-state index is 0.0655. The van der Waals surface area contributed by atoms with Crippen molar-refractivity contribution in [2.75, 3.05) is 5.32 Å². The van der Waals surface area contributed by atoms with Gasteiger partial charge < -0.3 is 10.4 Å². The van der Waals surface area contributed by atoms with E-state index in [0.717, 1.165) is 24.1 Å². The van der Waals surface area contributed by atoms with Crippen molar-refractivity contribution in [2.24, 2.45) is 0 Å². The van der Waals surface area contributed by atoms with Crippen LogP contribution in [0.25, 0.3) is 0 Å². The summed E-state index contributed by atoms with van der Waals surface area (Å²) in [5.41, 5.74) is 1.34. The molecule has 1 rings (SSSR count). The molecule has 16 heavy (non-hydrogen) atoms. The second-order valence-corrected chi connectivity index (χ2v) is 4.69. The van der Waals surface area contributed by atoms with Crippen molar-refractivity contribution in [2.45, 2.75) is 39.2 Å². The van der Waals surface area contributed by atoms with E-state index in [0.29, 0.717) is 0 Å². The molecule has 1 aromatic carbocycles. The van der Waals surface area contributed by atoms with Gasteiger partial charge in [-0.15, -0.1) is 0 Å². The summed E-state index contributed by atoms with van der Waals surface area (Å²) in [5.74, 6) is -0.0655. The van der Waals surface area contributed by atoms with Crippen molar-refractivity contribution in [1.82, 2.24) is 0 Å². The summed E-state index contributed by atoms with van der Waals surface area (Å²) in [6.45, 7) is 5.10. The first-order chi connectivity index (χ1) is 7.37. The van der Waals surface area contributed by atoms with E-state index in [9.17, 15) is 9.90 Å². The van der Waals surface area contributed by atoms with Crippen molar-refractivity contribution in [1.29, 1.82) is 0 Å². The second-order valence-electron chi connectivity index (χ2n) is 4.69. The Bertz CT molecular complexity index is 349. The molecule has 0 atom stereocenters. The van der Waals surface area contributed by atoms with Gasteiger partial charge in [-0.1, -0.05) is 12.1 Å². The largest absolute Gasteiger partial charge is 0.390 e. The van der Waals surface area contributed by atoms with E-state index in [1.165, 1.54) is 6.92 Å². The van der Waals surface area contributed by atoms with Gasteiger partial charge in [0, 0.05) is 12.6 Å². The molecule has 1 aromatic rings. The van der Waals surface area contributed by atoms with Crippen LogP contribution in [-0.2, 0) is 11.2 Å². The van der Waals surface area contributed by atoms with Crippen LogP contribution in [0.5, 0.6) is 0 Å². The molecule has 0 unspecified atom stereocenters. The lowest BCUT2D eigenvalue weighted by atomic mass is 9.99. The smallest absolute Gasteiger partial charge is 0.221 e. The molecule has 0 bridgehead atoms. The minimum Gasteiger partial charge on any atom is -0.390 e. The van der Waals surface area contributed by atoms with Crippen LogP contribution in [0.15, 0.2) is 24.3 Å².